The first-order valence-corrected chi connectivity index (χ1v) is 8.36. The summed E-state index contributed by atoms with van der Waals surface area (Å²) >= 11 is 0. The Hall–Kier alpha value is -1.18. The number of fused-ring (bicyclic) bond motifs is 1. The van der Waals surface area contributed by atoms with Crippen LogP contribution >= 0.6 is 0 Å². The predicted molar refractivity (Wildman–Crippen MR) is 87.6 cm³/mol. The summed E-state index contributed by atoms with van der Waals surface area (Å²) in [7, 11) is 0. The third-order valence-electron chi connectivity index (χ3n) is 5.13. The molecule has 0 radical (unpaired) electrons. The zero-order valence-electron chi connectivity index (χ0n) is 13.0. The van der Waals surface area contributed by atoms with E-state index in [1.54, 1.807) is 5.56 Å². The lowest BCUT2D eigenvalue weighted by Crippen LogP contribution is -2.27. The van der Waals surface area contributed by atoms with Crippen LogP contribution in [0.15, 0.2) is 18.2 Å². The molecule has 2 aliphatic rings. The smallest absolute Gasteiger partial charge is 0.0419 e. The second-order valence-electron chi connectivity index (χ2n) is 6.76. The van der Waals surface area contributed by atoms with Gasteiger partial charge in [0.25, 0.3) is 0 Å². The van der Waals surface area contributed by atoms with Gasteiger partial charge in [0.2, 0.25) is 0 Å². The van der Waals surface area contributed by atoms with E-state index in [1.807, 2.05) is 0 Å². The van der Waals surface area contributed by atoms with Crippen LogP contribution in [0.25, 0.3) is 0 Å². The summed E-state index contributed by atoms with van der Waals surface area (Å²) in [4.78, 5) is 2.65. The molecule has 3 rings (SSSR count). The van der Waals surface area contributed by atoms with Crippen LogP contribution in [0.4, 0.5) is 11.4 Å². The lowest BCUT2D eigenvalue weighted by molar-refractivity contribution is 0.351. The van der Waals surface area contributed by atoms with Crippen molar-refractivity contribution in [1.29, 1.82) is 0 Å². The Morgan fingerprint density at radius 2 is 2.05 bits per heavy atom. The topological polar surface area (TPSA) is 15.3 Å². The van der Waals surface area contributed by atoms with Crippen LogP contribution in [0.3, 0.4) is 0 Å². The second kappa shape index (κ2) is 6.07. The Labute approximate surface area is 123 Å². The Kier molecular flexibility index (Phi) is 4.18. The molecule has 1 fully saturated rings. The number of benzene rings is 1. The van der Waals surface area contributed by atoms with Crippen molar-refractivity contribution in [3.8, 4) is 0 Å². The molecule has 1 unspecified atom stereocenters. The fourth-order valence-electron chi connectivity index (χ4n) is 3.82. The summed E-state index contributed by atoms with van der Waals surface area (Å²) in [6.45, 7) is 8.37. The van der Waals surface area contributed by atoms with Gasteiger partial charge in [0.05, 0.1) is 0 Å². The van der Waals surface area contributed by atoms with E-state index in [4.69, 9.17) is 0 Å². The van der Waals surface area contributed by atoms with Crippen molar-refractivity contribution >= 4 is 11.4 Å². The molecule has 0 bridgehead atoms. The number of nitrogens with zero attached hydrogens (tertiary/aromatic N) is 1. The molecule has 110 valence electrons. The van der Waals surface area contributed by atoms with Gasteiger partial charge in [-0.2, -0.15) is 0 Å². The third-order valence-corrected chi connectivity index (χ3v) is 5.13. The molecule has 1 aromatic rings. The number of anilines is 2. The fraction of sp³-hybridized carbons (Fsp3) is 0.667. The number of nitrogens with one attached hydrogen (secondary N) is 1. The quantitative estimate of drug-likeness (QED) is 0.863. The highest BCUT2D eigenvalue weighted by molar-refractivity contribution is 5.67. The Morgan fingerprint density at radius 3 is 2.90 bits per heavy atom. The van der Waals surface area contributed by atoms with Crippen LogP contribution < -0.4 is 10.2 Å². The van der Waals surface area contributed by atoms with Gasteiger partial charge in [0, 0.05) is 31.0 Å². The molecular weight excluding hydrogens is 244 g/mol. The monoisotopic (exact) mass is 272 g/mol. The van der Waals surface area contributed by atoms with Gasteiger partial charge < -0.3 is 10.2 Å². The van der Waals surface area contributed by atoms with Crippen LogP contribution in [0.5, 0.6) is 0 Å². The van der Waals surface area contributed by atoms with E-state index in [2.05, 4.69) is 42.3 Å². The maximum absolute atomic E-state index is 3.56. The van der Waals surface area contributed by atoms with E-state index in [0.29, 0.717) is 0 Å². The normalized spacial score (nSPS) is 23.1. The zero-order valence-corrected chi connectivity index (χ0v) is 13.0. The van der Waals surface area contributed by atoms with Crippen molar-refractivity contribution in [2.45, 2.75) is 46.0 Å². The molecule has 1 N–H and O–H groups in total. The predicted octanol–water partition coefficient (Wildman–Crippen LogP) is 4.31. The van der Waals surface area contributed by atoms with E-state index in [-0.39, 0.29) is 0 Å². The first kappa shape index (κ1) is 13.8. The third kappa shape index (κ3) is 2.79. The van der Waals surface area contributed by atoms with E-state index in [0.717, 1.165) is 18.4 Å². The summed E-state index contributed by atoms with van der Waals surface area (Å²) in [5.41, 5.74) is 4.43. The second-order valence-corrected chi connectivity index (χ2v) is 6.76. The first-order chi connectivity index (χ1) is 9.75. The minimum Gasteiger partial charge on any atom is -0.385 e. The number of rotatable bonds is 2. The van der Waals surface area contributed by atoms with Gasteiger partial charge in [-0.1, -0.05) is 19.9 Å². The largest absolute Gasteiger partial charge is 0.385 e. The summed E-state index contributed by atoms with van der Waals surface area (Å²) in [6.07, 6.45) is 6.62. The molecular formula is C18H28N2. The van der Waals surface area contributed by atoms with Crippen LogP contribution in [0.1, 0.15) is 45.1 Å². The van der Waals surface area contributed by atoms with Gasteiger partial charge in [-0.25, -0.2) is 0 Å². The number of hydrogen-bond acceptors (Lipinski definition) is 2. The highest BCUT2D eigenvalue weighted by Crippen LogP contribution is 2.34. The highest BCUT2D eigenvalue weighted by Gasteiger charge is 2.22. The van der Waals surface area contributed by atoms with Gasteiger partial charge in [0.15, 0.2) is 0 Å². The molecule has 1 aromatic carbocycles. The Morgan fingerprint density at radius 1 is 1.15 bits per heavy atom. The molecule has 1 saturated heterocycles. The first-order valence-electron chi connectivity index (χ1n) is 8.36. The highest BCUT2D eigenvalue weighted by atomic mass is 15.1. The lowest BCUT2D eigenvalue weighted by atomic mass is 9.89. The van der Waals surface area contributed by atoms with E-state index >= 15 is 0 Å². The standard InChI is InChI=1S/C18H28N2/c1-14(2)15-6-5-12-20(13-10-15)18-9-3-8-17-16(18)7-4-11-19-17/h3,8-9,14-15,19H,4-7,10-13H2,1-2H3. The summed E-state index contributed by atoms with van der Waals surface area (Å²) in [5, 5.41) is 3.56. The zero-order chi connectivity index (χ0) is 13.9. The maximum atomic E-state index is 3.56. The van der Waals surface area contributed by atoms with Gasteiger partial charge in [-0.05, 0) is 61.6 Å². The molecule has 2 heteroatoms. The van der Waals surface area contributed by atoms with Crippen molar-refractivity contribution in [1.82, 2.24) is 0 Å². The molecule has 0 spiro atoms. The summed E-state index contributed by atoms with van der Waals surface area (Å²) in [6, 6.07) is 6.80. The van der Waals surface area contributed by atoms with Crippen molar-refractivity contribution in [3.05, 3.63) is 23.8 Å². The molecule has 2 aliphatic heterocycles. The average molecular weight is 272 g/mol. The molecule has 0 aliphatic carbocycles. The van der Waals surface area contributed by atoms with Crippen LogP contribution in [-0.2, 0) is 6.42 Å². The number of hydrogen-bond donors (Lipinski definition) is 1. The Balaban J connectivity index is 1.79. The van der Waals surface area contributed by atoms with Crippen LogP contribution in [0, 0.1) is 11.8 Å². The molecule has 0 aromatic heterocycles. The molecule has 2 heterocycles. The fourth-order valence-corrected chi connectivity index (χ4v) is 3.82. The van der Waals surface area contributed by atoms with Crippen molar-refractivity contribution < 1.29 is 0 Å². The molecule has 0 saturated carbocycles. The molecule has 20 heavy (non-hydrogen) atoms. The molecule has 0 amide bonds. The van der Waals surface area contributed by atoms with Gasteiger partial charge in [0.1, 0.15) is 0 Å². The minimum absolute atomic E-state index is 0.835. The van der Waals surface area contributed by atoms with Gasteiger partial charge in [-0.3, -0.25) is 0 Å². The van der Waals surface area contributed by atoms with E-state index in [1.165, 1.54) is 56.6 Å². The van der Waals surface area contributed by atoms with Crippen molar-refractivity contribution in [2.24, 2.45) is 11.8 Å². The molecule has 2 nitrogen and oxygen atoms in total. The summed E-state index contributed by atoms with van der Waals surface area (Å²) in [5.74, 6) is 1.75. The average Bonchev–Trinajstić information content (AvgIpc) is 2.72. The lowest BCUT2D eigenvalue weighted by Gasteiger charge is -2.29. The van der Waals surface area contributed by atoms with E-state index < -0.39 is 0 Å². The Bertz CT molecular complexity index is 453. The van der Waals surface area contributed by atoms with Crippen molar-refractivity contribution in [2.75, 3.05) is 29.9 Å². The van der Waals surface area contributed by atoms with Gasteiger partial charge in [-0.15, -0.1) is 0 Å². The van der Waals surface area contributed by atoms with E-state index in [9.17, 15) is 0 Å². The minimum atomic E-state index is 0.835. The SMILES string of the molecule is CC(C)C1CCCN(c2cccc3c2CCCN3)CC1. The maximum Gasteiger partial charge on any atom is 0.0419 e. The van der Waals surface area contributed by atoms with Crippen molar-refractivity contribution in [3.63, 3.8) is 0 Å². The summed E-state index contributed by atoms with van der Waals surface area (Å²) < 4.78 is 0. The van der Waals surface area contributed by atoms with Crippen LogP contribution in [-0.4, -0.2) is 19.6 Å². The van der Waals surface area contributed by atoms with Crippen LogP contribution in [0.2, 0.25) is 0 Å². The molecule has 1 atom stereocenters. The van der Waals surface area contributed by atoms with Gasteiger partial charge >= 0.3 is 0 Å².